The van der Waals surface area contributed by atoms with Crippen LogP contribution in [-0.4, -0.2) is 23.2 Å². The van der Waals surface area contributed by atoms with Gasteiger partial charge in [-0.1, -0.05) is 23.7 Å². The minimum Gasteiger partial charge on any atom is -0.497 e. The Hall–Kier alpha value is -2.27. The third-order valence-electron chi connectivity index (χ3n) is 2.66. The summed E-state index contributed by atoms with van der Waals surface area (Å²) in [5.74, 6) is 0.0641. The molecule has 0 saturated heterocycles. The number of ether oxygens (including phenoxy) is 1. The third-order valence-corrected chi connectivity index (χ3v) is 2.96. The van der Waals surface area contributed by atoms with Gasteiger partial charge in [0.2, 0.25) is 0 Å². The Morgan fingerprint density at radius 2 is 2.20 bits per heavy atom. The molecule has 2 rings (SSSR count). The topological polar surface area (TPSA) is 71.5 Å². The van der Waals surface area contributed by atoms with E-state index in [1.807, 2.05) is 24.3 Å². The highest BCUT2D eigenvalue weighted by atomic mass is 35.5. The summed E-state index contributed by atoms with van der Waals surface area (Å²) in [5, 5.41) is 12.1. The number of benzene rings is 1. The SMILES string of the molecule is COc1cccc(CNc2ccc(Cl)c(C(=O)O)n2)c1. The Kier molecular flexibility index (Phi) is 4.42. The molecule has 2 N–H and O–H groups in total. The molecule has 1 aromatic heterocycles. The quantitative estimate of drug-likeness (QED) is 0.886. The zero-order chi connectivity index (χ0) is 14.5. The number of carboxylic acid groups (broad SMARTS) is 1. The fraction of sp³-hybridized carbons (Fsp3) is 0.143. The first kappa shape index (κ1) is 14.1. The number of methoxy groups -OCH3 is 1. The second-order valence-electron chi connectivity index (χ2n) is 4.04. The number of aromatic carboxylic acids is 1. The van der Waals surface area contributed by atoms with E-state index in [4.69, 9.17) is 21.4 Å². The van der Waals surface area contributed by atoms with Crippen LogP contribution in [0, 0.1) is 0 Å². The molecule has 0 spiro atoms. The molecular weight excluding hydrogens is 280 g/mol. The number of rotatable bonds is 5. The summed E-state index contributed by atoms with van der Waals surface area (Å²) in [5.41, 5.74) is 0.834. The Labute approximate surface area is 121 Å². The van der Waals surface area contributed by atoms with Crippen LogP contribution in [0.5, 0.6) is 5.75 Å². The Bertz CT molecular complexity index is 632. The molecule has 0 unspecified atom stereocenters. The molecule has 20 heavy (non-hydrogen) atoms. The van der Waals surface area contributed by atoms with Crippen LogP contribution in [0.15, 0.2) is 36.4 Å². The predicted molar refractivity (Wildman–Crippen MR) is 76.5 cm³/mol. The molecule has 1 heterocycles. The number of hydrogen-bond donors (Lipinski definition) is 2. The zero-order valence-corrected chi connectivity index (χ0v) is 11.5. The third kappa shape index (κ3) is 3.39. The monoisotopic (exact) mass is 292 g/mol. The first-order valence-electron chi connectivity index (χ1n) is 5.87. The number of aromatic nitrogens is 1. The van der Waals surface area contributed by atoms with E-state index in [0.29, 0.717) is 12.4 Å². The molecule has 6 heteroatoms. The summed E-state index contributed by atoms with van der Waals surface area (Å²) in [6, 6.07) is 10.7. The van der Waals surface area contributed by atoms with Crippen molar-refractivity contribution in [2.75, 3.05) is 12.4 Å². The minimum absolute atomic E-state index is 0.115. The van der Waals surface area contributed by atoms with Crippen molar-refractivity contribution in [3.05, 3.63) is 52.7 Å². The van der Waals surface area contributed by atoms with Gasteiger partial charge in [-0.2, -0.15) is 0 Å². The molecule has 1 aromatic carbocycles. The molecular formula is C14H13ClN2O3. The summed E-state index contributed by atoms with van der Waals surface area (Å²) in [6.45, 7) is 0.505. The lowest BCUT2D eigenvalue weighted by Gasteiger charge is -2.08. The number of pyridine rings is 1. The van der Waals surface area contributed by atoms with Gasteiger partial charge in [0.25, 0.3) is 0 Å². The Balaban J connectivity index is 2.10. The van der Waals surface area contributed by atoms with E-state index < -0.39 is 5.97 Å². The van der Waals surface area contributed by atoms with Gasteiger partial charge in [-0.25, -0.2) is 9.78 Å². The fourth-order valence-corrected chi connectivity index (χ4v) is 1.85. The van der Waals surface area contributed by atoms with Crippen LogP contribution >= 0.6 is 11.6 Å². The van der Waals surface area contributed by atoms with Crippen LogP contribution in [0.2, 0.25) is 5.02 Å². The summed E-state index contributed by atoms with van der Waals surface area (Å²) >= 11 is 5.76. The molecule has 0 radical (unpaired) electrons. The normalized spacial score (nSPS) is 10.1. The van der Waals surface area contributed by atoms with Crippen molar-refractivity contribution in [2.45, 2.75) is 6.54 Å². The molecule has 0 amide bonds. The van der Waals surface area contributed by atoms with Gasteiger partial charge >= 0.3 is 5.97 Å². The number of halogens is 1. The second kappa shape index (κ2) is 6.25. The van der Waals surface area contributed by atoms with Gasteiger partial charge in [0.15, 0.2) is 5.69 Å². The molecule has 2 aromatic rings. The maximum absolute atomic E-state index is 10.9. The average molecular weight is 293 g/mol. The first-order chi connectivity index (χ1) is 9.60. The standard InChI is InChI=1S/C14H13ClN2O3/c1-20-10-4-2-3-9(7-10)8-16-12-6-5-11(15)13(17-12)14(18)19/h2-7H,8H2,1H3,(H,16,17)(H,18,19). The minimum atomic E-state index is -1.15. The van der Waals surface area contributed by atoms with Gasteiger partial charge in [0.05, 0.1) is 12.1 Å². The maximum atomic E-state index is 10.9. The van der Waals surface area contributed by atoms with Gasteiger partial charge in [-0.15, -0.1) is 0 Å². The highest BCUT2D eigenvalue weighted by Gasteiger charge is 2.11. The lowest BCUT2D eigenvalue weighted by atomic mass is 10.2. The van der Waals surface area contributed by atoms with E-state index in [-0.39, 0.29) is 10.7 Å². The van der Waals surface area contributed by atoms with Crippen molar-refractivity contribution in [3.8, 4) is 5.75 Å². The summed E-state index contributed by atoms with van der Waals surface area (Å²) in [7, 11) is 1.60. The van der Waals surface area contributed by atoms with Crippen LogP contribution < -0.4 is 10.1 Å². The van der Waals surface area contributed by atoms with E-state index in [9.17, 15) is 4.79 Å². The Morgan fingerprint density at radius 1 is 1.40 bits per heavy atom. The van der Waals surface area contributed by atoms with E-state index in [0.717, 1.165) is 11.3 Å². The summed E-state index contributed by atoms with van der Waals surface area (Å²) in [6.07, 6.45) is 0. The van der Waals surface area contributed by atoms with E-state index in [1.165, 1.54) is 6.07 Å². The zero-order valence-electron chi connectivity index (χ0n) is 10.8. The van der Waals surface area contributed by atoms with Crippen LogP contribution in [0.25, 0.3) is 0 Å². The van der Waals surface area contributed by atoms with Gasteiger partial charge in [0.1, 0.15) is 11.6 Å². The van der Waals surface area contributed by atoms with Crippen molar-refractivity contribution in [1.82, 2.24) is 4.98 Å². The fourth-order valence-electron chi connectivity index (χ4n) is 1.67. The molecule has 0 aliphatic rings. The Morgan fingerprint density at radius 3 is 2.90 bits per heavy atom. The smallest absolute Gasteiger partial charge is 0.356 e. The number of nitrogens with zero attached hydrogens (tertiary/aromatic N) is 1. The van der Waals surface area contributed by atoms with Crippen LogP contribution in [0.4, 0.5) is 5.82 Å². The lowest BCUT2D eigenvalue weighted by Crippen LogP contribution is -2.06. The van der Waals surface area contributed by atoms with Crippen LogP contribution in [-0.2, 0) is 6.54 Å². The van der Waals surface area contributed by atoms with Gasteiger partial charge in [-0.05, 0) is 29.8 Å². The molecule has 0 bridgehead atoms. The highest BCUT2D eigenvalue weighted by Crippen LogP contribution is 2.18. The number of anilines is 1. The maximum Gasteiger partial charge on any atom is 0.356 e. The lowest BCUT2D eigenvalue weighted by molar-refractivity contribution is 0.0691. The molecule has 0 aliphatic heterocycles. The second-order valence-corrected chi connectivity index (χ2v) is 4.44. The molecule has 0 aliphatic carbocycles. The van der Waals surface area contributed by atoms with Gasteiger partial charge < -0.3 is 15.2 Å². The number of carbonyl (C=O) groups is 1. The number of hydrogen-bond acceptors (Lipinski definition) is 4. The molecule has 104 valence electrons. The van der Waals surface area contributed by atoms with Crippen molar-refractivity contribution >= 4 is 23.4 Å². The summed E-state index contributed by atoms with van der Waals surface area (Å²) in [4.78, 5) is 14.9. The number of carboxylic acids is 1. The van der Waals surface area contributed by atoms with Crippen LogP contribution in [0.3, 0.4) is 0 Å². The predicted octanol–water partition coefficient (Wildman–Crippen LogP) is 3.05. The average Bonchev–Trinajstić information content (AvgIpc) is 2.46. The van der Waals surface area contributed by atoms with E-state index in [2.05, 4.69) is 10.3 Å². The number of nitrogens with one attached hydrogen (secondary N) is 1. The molecule has 0 atom stereocenters. The highest BCUT2D eigenvalue weighted by molar-refractivity contribution is 6.33. The van der Waals surface area contributed by atoms with Gasteiger partial charge in [-0.3, -0.25) is 0 Å². The first-order valence-corrected chi connectivity index (χ1v) is 6.24. The molecule has 0 fully saturated rings. The van der Waals surface area contributed by atoms with E-state index >= 15 is 0 Å². The van der Waals surface area contributed by atoms with Crippen molar-refractivity contribution < 1.29 is 14.6 Å². The van der Waals surface area contributed by atoms with Gasteiger partial charge in [0, 0.05) is 6.54 Å². The van der Waals surface area contributed by atoms with E-state index in [1.54, 1.807) is 13.2 Å². The van der Waals surface area contributed by atoms with Crippen molar-refractivity contribution in [2.24, 2.45) is 0 Å². The van der Waals surface area contributed by atoms with Crippen molar-refractivity contribution in [3.63, 3.8) is 0 Å². The van der Waals surface area contributed by atoms with Crippen LogP contribution in [0.1, 0.15) is 16.1 Å². The molecule has 0 saturated carbocycles. The summed E-state index contributed by atoms with van der Waals surface area (Å²) < 4.78 is 5.13. The largest absolute Gasteiger partial charge is 0.497 e. The molecule has 5 nitrogen and oxygen atoms in total. The van der Waals surface area contributed by atoms with Crippen molar-refractivity contribution in [1.29, 1.82) is 0 Å².